The molecule has 164 valence electrons. The van der Waals surface area contributed by atoms with E-state index in [9.17, 15) is 13.9 Å². The minimum atomic E-state index is -0.721. The lowest BCUT2D eigenvalue weighted by molar-refractivity contribution is -0.0520. The minimum absolute atomic E-state index is 0.0330. The van der Waals surface area contributed by atoms with Gasteiger partial charge in [0.15, 0.2) is 11.6 Å². The number of benzene rings is 1. The zero-order valence-corrected chi connectivity index (χ0v) is 17.2. The van der Waals surface area contributed by atoms with Crippen molar-refractivity contribution >= 4 is 16.9 Å². The predicted molar refractivity (Wildman–Crippen MR) is 109 cm³/mol. The first-order valence-corrected chi connectivity index (χ1v) is 10.2. The molecule has 0 radical (unpaired) electrons. The summed E-state index contributed by atoms with van der Waals surface area (Å²) >= 11 is 0. The van der Waals surface area contributed by atoms with Gasteiger partial charge in [-0.3, -0.25) is 4.68 Å². The second-order valence-corrected chi connectivity index (χ2v) is 8.36. The summed E-state index contributed by atoms with van der Waals surface area (Å²) in [4.78, 5) is 8.26. The van der Waals surface area contributed by atoms with Gasteiger partial charge in [-0.05, 0) is 32.4 Å². The first-order chi connectivity index (χ1) is 14.8. The smallest absolute Gasteiger partial charge is 0.223 e. The van der Waals surface area contributed by atoms with Gasteiger partial charge in [-0.15, -0.1) is 0 Å². The quantitative estimate of drug-likeness (QED) is 0.658. The Morgan fingerprint density at radius 1 is 1.23 bits per heavy atom. The molecule has 2 atom stereocenters. The summed E-state index contributed by atoms with van der Waals surface area (Å²) in [6, 6.07) is 2.60. The molecule has 4 heterocycles. The Morgan fingerprint density at radius 3 is 2.87 bits per heavy atom. The van der Waals surface area contributed by atoms with Crippen molar-refractivity contribution in [2.45, 2.75) is 44.6 Å². The molecule has 2 aliphatic heterocycles. The van der Waals surface area contributed by atoms with Gasteiger partial charge in [0.2, 0.25) is 5.95 Å². The third-order valence-electron chi connectivity index (χ3n) is 5.79. The molecule has 0 unspecified atom stereocenters. The van der Waals surface area contributed by atoms with Crippen molar-refractivity contribution in [1.29, 1.82) is 0 Å². The molecule has 1 fully saturated rings. The zero-order chi connectivity index (χ0) is 21.8. The number of halogens is 2. The van der Waals surface area contributed by atoms with E-state index in [1.165, 1.54) is 6.07 Å². The van der Waals surface area contributed by atoms with Gasteiger partial charge in [-0.25, -0.2) is 18.7 Å². The maximum absolute atomic E-state index is 15.0. The van der Waals surface area contributed by atoms with Gasteiger partial charge in [-0.1, -0.05) is 0 Å². The minimum Gasteiger partial charge on any atom is -0.389 e. The predicted octanol–water partition coefficient (Wildman–Crippen LogP) is 2.60. The van der Waals surface area contributed by atoms with Crippen LogP contribution in [0.4, 0.5) is 14.7 Å². The van der Waals surface area contributed by atoms with E-state index in [0.717, 1.165) is 11.9 Å². The summed E-state index contributed by atoms with van der Waals surface area (Å²) in [7, 11) is 0. The zero-order valence-electron chi connectivity index (χ0n) is 17.2. The number of anilines is 1. The van der Waals surface area contributed by atoms with Gasteiger partial charge in [0.05, 0.1) is 43.8 Å². The highest BCUT2D eigenvalue weighted by atomic mass is 19.1. The molecular weight excluding hydrogens is 408 g/mol. The van der Waals surface area contributed by atoms with Crippen LogP contribution in [0.5, 0.6) is 0 Å². The Morgan fingerprint density at radius 2 is 2.06 bits per heavy atom. The van der Waals surface area contributed by atoms with Crippen LogP contribution in [-0.4, -0.2) is 56.8 Å². The summed E-state index contributed by atoms with van der Waals surface area (Å²) in [5.41, 5.74) is 0.545. The fourth-order valence-corrected chi connectivity index (χ4v) is 4.28. The molecule has 0 bridgehead atoms. The van der Waals surface area contributed by atoms with Crippen LogP contribution in [0.15, 0.2) is 18.3 Å². The van der Waals surface area contributed by atoms with E-state index in [4.69, 9.17) is 9.47 Å². The van der Waals surface area contributed by atoms with E-state index >= 15 is 0 Å². The van der Waals surface area contributed by atoms with E-state index < -0.39 is 23.3 Å². The lowest BCUT2D eigenvalue weighted by atomic mass is 9.97. The summed E-state index contributed by atoms with van der Waals surface area (Å²) in [5.74, 6) is -1.07. The lowest BCUT2D eigenvalue weighted by Crippen LogP contribution is -2.42. The third-order valence-corrected chi connectivity index (χ3v) is 5.79. The second kappa shape index (κ2) is 7.47. The molecule has 8 nitrogen and oxygen atoms in total. The van der Waals surface area contributed by atoms with E-state index in [1.54, 1.807) is 10.7 Å². The largest absolute Gasteiger partial charge is 0.389 e. The molecule has 0 saturated carbocycles. The van der Waals surface area contributed by atoms with Crippen LogP contribution < -0.4 is 5.32 Å². The summed E-state index contributed by atoms with van der Waals surface area (Å²) < 4.78 is 42.5. The Bertz CT molecular complexity index is 1150. The number of aliphatic hydroxyl groups is 1. The molecule has 2 aliphatic rings. The number of aliphatic hydroxyl groups excluding tert-OH is 1. The SMILES string of the molecule is CC1(C)OCCn2nc3c(F)cc(-c4nc(N[C@@H]5CCOC[C@H]5O)ncc4F)cc3c21. The van der Waals surface area contributed by atoms with Crippen LogP contribution in [-0.2, 0) is 21.6 Å². The number of nitrogens with zero attached hydrogens (tertiary/aromatic N) is 4. The first-order valence-electron chi connectivity index (χ1n) is 10.2. The highest BCUT2D eigenvalue weighted by Gasteiger charge is 2.33. The monoisotopic (exact) mass is 431 g/mol. The number of hydrogen-bond donors (Lipinski definition) is 2. The highest BCUT2D eigenvalue weighted by Crippen LogP contribution is 2.37. The van der Waals surface area contributed by atoms with Crippen LogP contribution in [0.1, 0.15) is 26.0 Å². The van der Waals surface area contributed by atoms with E-state index in [1.807, 2.05) is 13.8 Å². The average Bonchev–Trinajstić information content (AvgIpc) is 3.11. The van der Waals surface area contributed by atoms with Crippen molar-refractivity contribution in [2.75, 3.05) is 25.1 Å². The number of nitrogens with one attached hydrogen (secondary N) is 1. The van der Waals surface area contributed by atoms with Crippen molar-refractivity contribution in [1.82, 2.24) is 19.7 Å². The van der Waals surface area contributed by atoms with Crippen molar-refractivity contribution in [2.24, 2.45) is 0 Å². The van der Waals surface area contributed by atoms with E-state index in [2.05, 4.69) is 20.4 Å². The Labute approximate surface area is 177 Å². The maximum atomic E-state index is 15.0. The molecule has 0 aliphatic carbocycles. The van der Waals surface area contributed by atoms with Crippen molar-refractivity contribution in [3.63, 3.8) is 0 Å². The average molecular weight is 431 g/mol. The van der Waals surface area contributed by atoms with Gasteiger partial charge < -0.3 is 19.9 Å². The molecule has 10 heteroatoms. The van der Waals surface area contributed by atoms with Gasteiger partial charge in [0.1, 0.15) is 16.8 Å². The van der Waals surface area contributed by atoms with Crippen LogP contribution >= 0.6 is 0 Å². The van der Waals surface area contributed by atoms with Gasteiger partial charge in [0.25, 0.3) is 0 Å². The van der Waals surface area contributed by atoms with Crippen LogP contribution in [0, 0.1) is 11.6 Å². The van der Waals surface area contributed by atoms with Gasteiger partial charge in [-0.2, -0.15) is 5.10 Å². The number of hydrogen-bond acceptors (Lipinski definition) is 7. The van der Waals surface area contributed by atoms with Crippen molar-refractivity contribution < 1.29 is 23.4 Å². The topological polar surface area (TPSA) is 94.3 Å². The van der Waals surface area contributed by atoms with Crippen molar-refractivity contribution in [3.8, 4) is 11.3 Å². The normalized spacial score (nSPS) is 23.0. The third kappa shape index (κ3) is 3.54. The molecule has 1 aromatic carbocycles. The molecular formula is C21H23F2N5O3. The van der Waals surface area contributed by atoms with Crippen LogP contribution in [0.2, 0.25) is 0 Å². The Balaban J connectivity index is 1.58. The number of rotatable bonds is 3. The first kappa shape index (κ1) is 20.2. The maximum Gasteiger partial charge on any atom is 0.223 e. The van der Waals surface area contributed by atoms with Crippen LogP contribution in [0.25, 0.3) is 22.2 Å². The molecule has 2 aromatic heterocycles. The standard InChI is InChI=1S/C21H23F2N5O3/c1-21(2)19-12-7-11(8-13(22)18(12)27-28(19)4-6-31-21)17-14(23)9-24-20(26-17)25-15-3-5-30-10-16(15)29/h7-9,15-16,29H,3-6,10H2,1-2H3,(H,24,25,26)/t15-,16-/m1/s1. The number of aromatic nitrogens is 4. The molecule has 0 amide bonds. The number of ether oxygens (including phenoxy) is 2. The van der Waals surface area contributed by atoms with Gasteiger partial charge >= 0.3 is 0 Å². The molecule has 5 rings (SSSR count). The molecule has 2 N–H and O–H groups in total. The highest BCUT2D eigenvalue weighted by molar-refractivity contribution is 5.87. The van der Waals surface area contributed by atoms with Crippen LogP contribution in [0.3, 0.4) is 0 Å². The fourth-order valence-electron chi connectivity index (χ4n) is 4.28. The summed E-state index contributed by atoms with van der Waals surface area (Å²) in [6.07, 6.45) is 0.884. The second-order valence-electron chi connectivity index (χ2n) is 8.36. The lowest BCUT2D eigenvalue weighted by Gasteiger charge is -2.31. The summed E-state index contributed by atoms with van der Waals surface area (Å²) in [5, 5.41) is 18.1. The Kier molecular flexibility index (Phi) is 4.87. The molecule has 31 heavy (non-hydrogen) atoms. The fraction of sp³-hybridized carbons (Fsp3) is 0.476. The molecule has 0 spiro atoms. The molecule has 1 saturated heterocycles. The summed E-state index contributed by atoms with van der Waals surface area (Å²) in [6.45, 7) is 5.50. The Hall–Kier alpha value is -2.69. The van der Waals surface area contributed by atoms with Crippen molar-refractivity contribution in [3.05, 3.63) is 35.7 Å². The molecule has 3 aromatic rings. The van der Waals surface area contributed by atoms with E-state index in [0.29, 0.717) is 31.6 Å². The van der Waals surface area contributed by atoms with E-state index in [-0.39, 0.29) is 35.4 Å². The van der Waals surface area contributed by atoms with Gasteiger partial charge in [0, 0.05) is 17.6 Å². The number of fused-ring (bicyclic) bond motifs is 3.